The molecule has 0 saturated heterocycles. The van der Waals surface area contributed by atoms with Gasteiger partial charge in [-0.05, 0) is 23.6 Å². The molecule has 0 unspecified atom stereocenters. The zero-order valence-electron chi connectivity index (χ0n) is 10.3. The van der Waals surface area contributed by atoms with Crippen molar-refractivity contribution in [3.05, 3.63) is 42.2 Å². The highest BCUT2D eigenvalue weighted by atomic mass is 15.3. The first-order chi connectivity index (χ1) is 8.07. The molecule has 0 fully saturated rings. The molecule has 0 N–H and O–H groups in total. The van der Waals surface area contributed by atoms with Crippen molar-refractivity contribution in [2.45, 2.75) is 26.2 Å². The third-order valence-corrected chi connectivity index (χ3v) is 2.95. The number of benzene rings is 1. The topological polar surface area (TPSA) is 30.2 Å². The Morgan fingerprint density at radius 3 is 2.47 bits per heavy atom. The van der Waals surface area contributed by atoms with Gasteiger partial charge in [-0.15, -0.1) is 10.2 Å². The number of nitrogens with zero attached hydrogens (tertiary/aromatic N) is 3. The highest BCUT2D eigenvalue weighted by Gasteiger charge is 2.21. The maximum Gasteiger partial charge on any atom is 0.161 e. The molecular formula is C14H15N3. The molecule has 2 aromatic heterocycles. The number of aromatic nitrogens is 3. The summed E-state index contributed by atoms with van der Waals surface area (Å²) in [6.45, 7) is 6.47. The van der Waals surface area contributed by atoms with Gasteiger partial charge in [-0.25, -0.2) is 0 Å². The summed E-state index contributed by atoms with van der Waals surface area (Å²) < 4.78 is 2.15. The number of hydrogen-bond donors (Lipinski definition) is 0. The number of fused-ring (bicyclic) bond motifs is 3. The van der Waals surface area contributed by atoms with Crippen LogP contribution in [0, 0.1) is 0 Å². The minimum absolute atomic E-state index is 0.0104. The zero-order valence-corrected chi connectivity index (χ0v) is 10.3. The molecule has 3 aromatic rings. The van der Waals surface area contributed by atoms with Gasteiger partial charge in [-0.3, -0.25) is 4.40 Å². The molecule has 3 nitrogen and oxygen atoms in total. The number of rotatable bonds is 0. The van der Waals surface area contributed by atoms with Gasteiger partial charge in [0.1, 0.15) is 5.82 Å². The molecule has 0 saturated carbocycles. The summed E-state index contributed by atoms with van der Waals surface area (Å²) in [6.07, 6.45) is 0. The van der Waals surface area contributed by atoms with E-state index < -0.39 is 0 Å². The second-order valence-electron chi connectivity index (χ2n) is 5.36. The Balaban J connectivity index is 2.51. The Morgan fingerprint density at radius 1 is 0.941 bits per heavy atom. The van der Waals surface area contributed by atoms with Crippen molar-refractivity contribution < 1.29 is 0 Å². The van der Waals surface area contributed by atoms with Crippen molar-refractivity contribution in [2.24, 2.45) is 0 Å². The largest absolute Gasteiger partial charge is 0.278 e. The Labute approximate surface area is 100 Å². The second-order valence-corrected chi connectivity index (χ2v) is 5.36. The van der Waals surface area contributed by atoms with Gasteiger partial charge in [-0.2, -0.15) is 0 Å². The number of para-hydroxylation sites is 1. The van der Waals surface area contributed by atoms with Crippen molar-refractivity contribution in [1.82, 2.24) is 14.6 Å². The maximum atomic E-state index is 4.33. The van der Waals surface area contributed by atoms with Crippen LogP contribution in [0.2, 0.25) is 0 Å². The molecule has 17 heavy (non-hydrogen) atoms. The van der Waals surface area contributed by atoms with Crippen LogP contribution < -0.4 is 0 Å². The molecule has 2 heterocycles. The fourth-order valence-electron chi connectivity index (χ4n) is 2.12. The predicted molar refractivity (Wildman–Crippen MR) is 69.2 cm³/mol. The zero-order chi connectivity index (χ0) is 12.0. The molecule has 0 amide bonds. The lowest BCUT2D eigenvalue weighted by molar-refractivity contribution is 0.541. The monoisotopic (exact) mass is 225 g/mol. The summed E-state index contributed by atoms with van der Waals surface area (Å²) in [7, 11) is 0. The Hall–Kier alpha value is -1.90. The first-order valence-corrected chi connectivity index (χ1v) is 5.81. The van der Waals surface area contributed by atoms with E-state index in [1.165, 1.54) is 10.9 Å². The lowest BCUT2D eigenvalue weighted by Gasteiger charge is -2.16. The van der Waals surface area contributed by atoms with E-state index in [0.29, 0.717) is 0 Å². The van der Waals surface area contributed by atoms with Crippen LogP contribution in [0.15, 0.2) is 36.4 Å². The van der Waals surface area contributed by atoms with Crippen LogP contribution in [0.4, 0.5) is 0 Å². The molecule has 86 valence electrons. The summed E-state index contributed by atoms with van der Waals surface area (Å²) in [5, 5.41) is 9.79. The van der Waals surface area contributed by atoms with Gasteiger partial charge in [-0.1, -0.05) is 39.0 Å². The van der Waals surface area contributed by atoms with Crippen LogP contribution in [0.5, 0.6) is 0 Å². The molecule has 0 aliphatic heterocycles. The van der Waals surface area contributed by atoms with Crippen LogP contribution in [0.3, 0.4) is 0 Å². The molecule has 0 radical (unpaired) electrons. The summed E-state index contributed by atoms with van der Waals surface area (Å²) in [5.41, 5.74) is 2.07. The standard InChI is InChI=1S/C14H15N3/c1-14(2,3)13-16-15-12-9-8-10-6-4-5-7-11(10)17(12)13/h4-9H,1-3H3. The summed E-state index contributed by atoms with van der Waals surface area (Å²) in [6, 6.07) is 12.4. The van der Waals surface area contributed by atoms with E-state index in [-0.39, 0.29) is 5.41 Å². The van der Waals surface area contributed by atoms with E-state index in [2.05, 4.69) is 59.6 Å². The Kier molecular flexibility index (Phi) is 1.99. The summed E-state index contributed by atoms with van der Waals surface area (Å²) in [5.74, 6) is 1.00. The van der Waals surface area contributed by atoms with Gasteiger partial charge >= 0.3 is 0 Å². The van der Waals surface area contributed by atoms with E-state index in [1.807, 2.05) is 12.1 Å². The third-order valence-electron chi connectivity index (χ3n) is 2.95. The molecule has 0 aliphatic carbocycles. The first-order valence-electron chi connectivity index (χ1n) is 5.81. The van der Waals surface area contributed by atoms with Crippen molar-refractivity contribution in [2.75, 3.05) is 0 Å². The fourth-order valence-corrected chi connectivity index (χ4v) is 2.12. The van der Waals surface area contributed by atoms with Gasteiger partial charge in [0.25, 0.3) is 0 Å². The van der Waals surface area contributed by atoms with Crippen molar-refractivity contribution in [3.63, 3.8) is 0 Å². The normalized spacial score (nSPS) is 12.4. The lowest BCUT2D eigenvalue weighted by Crippen LogP contribution is -2.16. The van der Waals surface area contributed by atoms with E-state index in [9.17, 15) is 0 Å². The van der Waals surface area contributed by atoms with E-state index in [4.69, 9.17) is 0 Å². The molecule has 3 heteroatoms. The predicted octanol–water partition coefficient (Wildman–Crippen LogP) is 3.18. The molecule has 0 bridgehead atoms. The van der Waals surface area contributed by atoms with E-state index >= 15 is 0 Å². The van der Waals surface area contributed by atoms with Gasteiger partial charge in [0.15, 0.2) is 5.65 Å². The highest BCUT2D eigenvalue weighted by Crippen LogP contribution is 2.24. The van der Waals surface area contributed by atoms with Crippen molar-refractivity contribution in [3.8, 4) is 0 Å². The van der Waals surface area contributed by atoms with Crippen molar-refractivity contribution in [1.29, 1.82) is 0 Å². The summed E-state index contributed by atoms with van der Waals surface area (Å²) in [4.78, 5) is 0. The highest BCUT2D eigenvalue weighted by molar-refractivity contribution is 5.82. The van der Waals surface area contributed by atoms with Crippen LogP contribution in [0.25, 0.3) is 16.6 Å². The molecule has 0 spiro atoms. The van der Waals surface area contributed by atoms with E-state index in [0.717, 1.165) is 11.5 Å². The molecule has 1 aromatic carbocycles. The SMILES string of the molecule is CC(C)(C)c1nnc2ccc3ccccc3n12. The first kappa shape index (κ1) is 10.3. The molecule has 3 rings (SSSR count). The second kappa shape index (κ2) is 3.29. The van der Waals surface area contributed by atoms with Crippen LogP contribution in [-0.2, 0) is 5.41 Å². The Bertz CT molecular complexity index is 689. The van der Waals surface area contributed by atoms with Crippen LogP contribution in [0.1, 0.15) is 26.6 Å². The summed E-state index contributed by atoms with van der Waals surface area (Å²) >= 11 is 0. The minimum atomic E-state index is -0.0104. The van der Waals surface area contributed by atoms with E-state index in [1.54, 1.807) is 0 Å². The maximum absolute atomic E-state index is 4.33. The minimum Gasteiger partial charge on any atom is -0.278 e. The molecular weight excluding hydrogens is 210 g/mol. The van der Waals surface area contributed by atoms with Gasteiger partial charge in [0.05, 0.1) is 5.52 Å². The van der Waals surface area contributed by atoms with Crippen molar-refractivity contribution >= 4 is 16.6 Å². The number of hydrogen-bond acceptors (Lipinski definition) is 2. The lowest BCUT2D eigenvalue weighted by atomic mass is 9.95. The average Bonchev–Trinajstić information content (AvgIpc) is 2.72. The van der Waals surface area contributed by atoms with Crippen LogP contribution in [-0.4, -0.2) is 14.6 Å². The average molecular weight is 225 g/mol. The third kappa shape index (κ3) is 1.50. The molecule has 0 aliphatic rings. The number of pyridine rings is 1. The van der Waals surface area contributed by atoms with Gasteiger partial charge < -0.3 is 0 Å². The van der Waals surface area contributed by atoms with Crippen LogP contribution >= 0.6 is 0 Å². The van der Waals surface area contributed by atoms with Gasteiger partial charge in [0.2, 0.25) is 0 Å². The molecule has 0 atom stereocenters. The fraction of sp³-hybridized carbons (Fsp3) is 0.286. The smallest absolute Gasteiger partial charge is 0.161 e. The van der Waals surface area contributed by atoms with Gasteiger partial charge in [0, 0.05) is 5.41 Å². The quantitative estimate of drug-likeness (QED) is 0.588. The Morgan fingerprint density at radius 2 is 1.71 bits per heavy atom.